The van der Waals surface area contributed by atoms with Crippen LogP contribution in [0.5, 0.6) is 0 Å². The van der Waals surface area contributed by atoms with Crippen LogP contribution in [0.25, 0.3) is 0 Å². The Balaban J connectivity index is 0.000000179. The van der Waals surface area contributed by atoms with E-state index in [1.54, 1.807) is 0 Å². The lowest BCUT2D eigenvalue weighted by molar-refractivity contribution is -0.180. The average Bonchev–Trinajstić information content (AvgIpc) is 2.72. The fourth-order valence-electron chi connectivity index (χ4n) is 7.17. The number of hydrogen-bond acceptors (Lipinski definition) is 4. The summed E-state index contributed by atoms with van der Waals surface area (Å²) in [6, 6.07) is 0. The molecule has 31 heavy (non-hydrogen) atoms. The summed E-state index contributed by atoms with van der Waals surface area (Å²) >= 11 is 0. The molecule has 0 aromatic rings. The summed E-state index contributed by atoms with van der Waals surface area (Å²) in [7, 11) is 0. The van der Waals surface area contributed by atoms with Gasteiger partial charge in [0.25, 0.3) is 0 Å². The molecule has 7 atom stereocenters. The van der Waals surface area contributed by atoms with Crippen LogP contribution in [-0.2, 0) is 9.59 Å². The highest BCUT2D eigenvalue weighted by molar-refractivity contribution is 5.83. The van der Waals surface area contributed by atoms with Gasteiger partial charge in [0.05, 0.1) is 11.2 Å². The van der Waals surface area contributed by atoms with Gasteiger partial charge in [-0.15, -0.1) is 0 Å². The van der Waals surface area contributed by atoms with Crippen LogP contribution in [0.1, 0.15) is 105 Å². The lowest BCUT2D eigenvalue weighted by Crippen LogP contribution is -2.60. The van der Waals surface area contributed by atoms with Gasteiger partial charge in [-0.1, -0.05) is 52.7 Å². The van der Waals surface area contributed by atoms with Crippen LogP contribution in [0.15, 0.2) is 12.2 Å². The highest BCUT2D eigenvalue weighted by Crippen LogP contribution is 2.56. The second-order valence-electron chi connectivity index (χ2n) is 11.8. The van der Waals surface area contributed by atoms with E-state index >= 15 is 0 Å². The average molecular weight is 433 g/mol. The first-order valence-electron chi connectivity index (χ1n) is 12.5. The second kappa shape index (κ2) is 8.41. The van der Waals surface area contributed by atoms with Crippen LogP contribution in [0.3, 0.4) is 0 Å². The van der Waals surface area contributed by atoms with Gasteiger partial charge in [-0.05, 0) is 68.6 Å². The molecule has 0 radical (unpaired) electrons. The summed E-state index contributed by atoms with van der Waals surface area (Å²) in [5.74, 6) is 0.491. The summed E-state index contributed by atoms with van der Waals surface area (Å²) in [5, 5.41) is 21.7. The van der Waals surface area contributed by atoms with Gasteiger partial charge >= 0.3 is 0 Å². The van der Waals surface area contributed by atoms with E-state index in [1.807, 2.05) is 20.8 Å². The van der Waals surface area contributed by atoms with Crippen molar-refractivity contribution < 1.29 is 19.8 Å². The highest BCUT2D eigenvalue weighted by Gasteiger charge is 2.58. The van der Waals surface area contributed by atoms with Crippen LogP contribution in [0.4, 0.5) is 0 Å². The van der Waals surface area contributed by atoms with Crippen molar-refractivity contribution in [1.29, 1.82) is 0 Å². The minimum atomic E-state index is -0.815. The molecule has 0 aliphatic heterocycles. The molecule has 176 valence electrons. The van der Waals surface area contributed by atoms with Gasteiger partial charge in [0, 0.05) is 24.7 Å². The lowest BCUT2D eigenvalue weighted by Gasteiger charge is -2.56. The minimum absolute atomic E-state index is 0.00141. The maximum absolute atomic E-state index is 11.9. The number of Topliss-reactive ketones (excluding diaryl/α,β-unsaturated/α-hetero) is 2. The first kappa shape index (κ1) is 24.6. The first-order valence-corrected chi connectivity index (χ1v) is 12.5. The Kier molecular flexibility index (Phi) is 6.68. The van der Waals surface area contributed by atoms with Crippen LogP contribution >= 0.6 is 0 Å². The number of allylic oxidation sites excluding steroid dienone is 1. The summed E-state index contributed by atoms with van der Waals surface area (Å²) < 4.78 is 0. The smallest absolute Gasteiger partial charge is 0.138 e. The first-order chi connectivity index (χ1) is 14.3. The summed E-state index contributed by atoms with van der Waals surface area (Å²) in [6.07, 6.45) is 10.0. The summed E-state index contributed by atoms with van der Waals surface area (Å²) in [5.41, 5.74) is -0.457. The molecule has 4 heteroatoms. The third-order valence-corrected chi connectivity index (χ3v) is 10.2. The Morgan fingerprint density at radius 3 is 1.87 bits per heavy atom. The Labute approximate surface area is 188 Å². The molecule has 4 nitrogen and oxygen atoms in total. The minimum Gasteiger partial charge on any atom is -0.389 e. The van der Waals surface area contributed by atoms with Gasteiger partial charge in [0.2, 0.25) is 0 Å². The quantitative estimate of drug-likeness (QED) is 0.544. The Hall–Kier alpha value is -1.00. The van der Waals surface area contributed by atoms with E-state index in [4.69, 9.17) is 0 Å². The largest absolute Gasteiger partial charge is 0.389 e. The molecular formula is C27H44O4. The number of carbonyl (C=O) groups is 2. The lowest BCUT2D eigenvalue weighted by atomic mass is 9.51. The molecule has 0 heterocycles. The molecule has 4 aliphatic carbocycles. The molecule has 0 saturated heterocycles. The van der Waals surface area contributed by atoms with E-state index in [0.29, 0.717) is 25.2 Å². The van der Waals surface area contributed by atoms with Crippen molar-refractivity contribution in [3.8, 4) is 0 Å². The van der Waals surface area contributed by atoms with Crippen molar-refractivity contribution in [2.75, 3.05) is 0 Å². The second-order valence-corrected chi connectivity index (χ2v) is 11.8. The molecule has 0 spiro atoms. The van der Waals surface area contributed by atoms with Crippen molar-refractivity contribution in [3.05, 3.63) is 12.2 Å². The Bertz CT molecular complexity index is 744. The van der Waals surface area contributed by atoms with Crippen molar-refractivity contribution in [3.63, 3.8) is 0 Å². The fourth-order valence-corrected chi connectivity index (χ4v) is 7.17. The predicted octanol–water partition coefficient (Wildman–Crippen LogP) is 5.40. The van der Waals surface area contributed by atoms with E-state index in [9.17, 15) is 19.8 Å². The number of fused-ring (bicyclic) bond motifs is 2. The molecule has 0 amide bonds. The zero-order chi connectivity index (χ0) is 23.2. The van der Waals surface area contributed by atoms with Crippen LogP contribution in [0, 0.1) is 28.6 Å². The monoisotopic (exact) mass is 432 g/mol. The number of aliphatic hydroxyl groups is 2. The highest BCUT2D eigenvalue weighted by atomic mass is 16.3. The summed E-state index contributed by atoms with van der Waals surface area (Å²) in [6.45, 7) is 14.2. The molecule has 0 bridgehead atoms. The SMILES string of the molecule is C=C(C)[C@@H]1CC[C@]2(C)CCC(=O)[C@H](C)[C@]2(O)C1.C[C@H]1C(=O)CC[C@@]2(C)CCCC[C@@]12O. The van der Waals surface area contributed by atoms with Gasteiger partial charge in [0.15, 0.2) is 0 Å². The van der Waals surface area contributed by atoms with Gasteiger partial charge in [-0.3, -0.25) is 9.59 Å². The third kappa shape index (κ3) is 3.97. The van der Waals surface area contributed by atoms with E-state index in [1.165, 1.54) is 6.42 Å². The molecule has 0 aromatic heterocycles. The molecule has 2 N–H and O–H groups in total. The van der Waals surface area contributed by atoms with E-state index < -0.39 is 11.2 Å². The third-order valence-electron chi connectivity index (χ3n) is 10.2. The van der Waals surface area contributed by atoms with Crippen molar-refractivity contribution in [1.82, 2.24) is 0 Å². The number of rotatable bonds is 1. The normalized spacial score (nSPS) is 47.5. The molecule has 4 fully saturated rings. The maximum atomic E-state index is 11.9. The Morgan fingerprint density at radius 1 is 0.839 bits per heavy atom. The van der Waals surface area contributed by atoms with Crippen molar-refractivity contribution in [2.45, 2.75) is 116 Å². The number of ketones is 2. The molecular weight excluding hydrogens is 388 g/mol. The van der Waals surface area contributed by atoms with Gasteiger partial charge in [-0.25, -0.2) is 0 Å². The van der Waals surface area contributed by atoms with Crippen molar-refractivity contribution in [2.24, 2.45) is 28.6 Å². The standard InChI is InChI=1S/C15H24O2.C12H20O2/c1-10(2)12-5-7-14(4)8-6-13(16)11(3)15(14,17)9-12;1-9-10(13)5-8-11(2)6-3-4-7-12(9,11)14/h11-12,17H,1,5-9H2,2-4H3;9,14H,3-8H2,1-2H3/t11-,12+,14+,15+;9-,11+,12+/m00/s1. The number of hydrogen-bond donors (Lipinski definition) is 2. The van der Waals surface area contributed by atoms with Gasteiger partial charge < -0.3 is 10.2 Å². The van der Waals surface area contributed by atoms with Gasteiger partial charge in [-0.2, -0.15) is 0 Å². The molecule has 4 rings (SSSR count). The van der Waals surface area contributed by atoms with E-state index in [2.05, 4.69) is 20.4 Å². The van der Waals surface area contributed by atoms with Crippen LogP contribution in [-0.4, -0.2) is 33.0 Å². The molecule has 0 aromatic carbocycles. The Morgan fingerprint density at radius 2 is 1.32 bits per heavy atom. The topological polar surface area (TPSA) is 74.6 Å². The van der Waals surface area contributed by atoms with Crippen LogP contribution < -0.4 is 0 Å². The predicted molar refractivity (Wildman–Crippen MR) is 124 cm³/mol. The molecule has 0 unspecified atom stereocenters. The fraction of sp³-hybridized carbons (Fsp3) is 0.852. The zero-order valence-corrected chi connectivity index (χ0v) is 20.4. The summed E-state index contributed by atoms with van der Waals surface area (Å²) in [4.78, 5) is 23.5. The molecule has 4 aliphatic rings. The van der Waals surface area contributed by atoms with Gasteiger partial charge in [0.1, 0.15) is 11.6 Å². The molecule has 4 saturated carbocycles. The van der Waals surface area contributed by atoms with Crippen molar-refractivity contribution >= 4 is 11.6 Å². The van der Waals surface area contributed by atoms with E-state index in [-0.39, 0.29) is 34.2 Å². The maximum Gasteiger partial charge on any atom is 0.138 e. The number of carbonyl (C=O) groups excluding carboxylic acids is 2. The van der Waals surface area contributed by atoms with E-state index in [0.717, 1.165) is 50.5 Å². The zero-order valence-electron chi connectivity index (χ0n) is 20.4. The van der Waals surface area contributed by atoms with Crippen LogP contribution in [0.2, 0.25) is 0 Å².